The first-order chi connectivity index (χ1) is 13.5. The van der Waals surface area contributed by atoms with Crippen molar-refractivity contribution >= 4 is 17.5 Å². The average molecular weight is 404 g/mol. The second-order valence-electron chi connectivity index (χ2n) is 7.01. The quantitative estimate of drug-likeness (QED) is 0.656. The van der Waals surface area contributed by atoms with Gasteiger partial charge in [-0.25, -0.2) is 0 Å². The summed E-state index contributed by atoms with van der Waals surface area (Å²) in [5.41, 5.74) is 1.39. The van der Waals surface area contributed by atoms with Crippen molar-refractivity contribution in [3.63, 3.8) is 0 Å². The van der Waals surface area contributed by atoms with Crippen molar-refractivity contribution in [2.45, 2.75) is 38.3 Å². The predicted molar refractivity (Wildman–Crippen MR) is 110 cm³/mol. The molecule has 1 saturated carbocycles. The molecule has 1 aliphatic rings. The number of carbonyl (C=O) groups excluding carboxylic acids is 1. The molecule has 2 aromatic rings. The Morgan fingerprint density at radius 1 is 1.04 bits per heavy atom. The molecule has 1 amide bonds. The number of halogens is 1. The summed E-state index contributed by atoms with van der Waals surface area (Å²) in [7, 11) is 4.94. The smallest absolute Gasteiger partial charge is 0.254 e. The molecule has 2 aromatic carbocycles. The van der Waals surface area contributed by atoms with E-state index in [-0.39, 0.29) is 12.0 Å². The number of nitrogens with zero attached hydrogens (tertiary/aromatic N) is 1. The highest BCUT2D eigenvalue weighted by atomic mass is 35.5. The van der Waals surface area contributed by atoms with Gasteiger partial charge in [-0.3, -0.25) is 4.79 Å². The molecule has 0 aliphatic heterocycles. The third-order valence-electron chi connectivity index (χ3n) is 5.00. The SMILES string of the molecule is COc1ccc(Cl)cc1CN(C)C(=O)c1ccc(OC2CCCC2)c(OC)c1. The Hall–Kier alpha value is -2.40. The lowest BCUT2D eigenvalue weighted by atomic mass is 10.1. The Labute approximate surface area is 171 Å². The third kappa shape index (κ3) is 4.71. The van der Waals surface area contributed by atoms with Crippen molar-refractivity contribution in [2.24, 2.45) is 0 Å². The van der Waals surface area contributed by atoms with Crippen LogP contribution in [0.2, 0.25) is 5.02 Å². The predicted octanol–water partition coefficient (Wildman–Crippen LogP) is 4.95. The van der Waals surface area contributed by atoms with Crippen LogP contribution in [-0.2, 0) is 6.54 Å². The van der Waals surface area contributed by atoms with Crippen molar-refractivity contribution in [1.29, 1.82) is 0 Å². The van der Waals surface area contributed by atoms with E-state index in [0.717, 1.165) is 18.4 Å². The van der Waals surface area contributed by atoms with Gasteiger partial charge in [-0.05, 0) is 62.1 Å². The molecule has 150 valence electrons. The van der Waals surface area contributed by atoms with E-state index in [4.69, 9.17) is 25.8 Å². The lowest BCUT2D eigenvalue weighted by Gasteiger charge is -2.20. The fraction of sp³-hybridized carbons (Fsp3) is 0.409. The van der Waals surface area contributed by atoms with Gasteiger partial charge >= 0.3 is 0 Å². The van der Waals surface area contributed by atoms with Crippen molar-refractivity contribution < 1.29 is 19.0 Å². The van der Waals surface area contributed by atoms with Gasteiger partial charge in [0.2, 0.25) is 0 Å². The molecule has 0 N–H and O–H groups in total. The molecule has 0 unspecified atom stereocenters. The molecule has 6 heteroatoms. The summed E-state index contributed by atoms with van der Waals surface area (Å²) < 4.78 is 16.9. The second kappa shape index (κ2) is 9.20. The lowest BCUT2D eigenvalue weighted by molar-refractivity contribution is 0.0783. The van der Waals surface area contributed by atoms with Crippen molar-refractivity contribution in [3.8, 4) is 17.2 Å². The highest BCUT2D eigenvalue weighted by molar-refractivity contribution is 6.30. The van der Waals surface area contributed by atoms with Gasteiger partial charge in [-0.1, -0.05) is 11.6 Å². The molecule has 0 heterocycles. The van der Waals surface area contributed by atoms with Crippen LogP contribution >= 0.6 is 11.6 Å². The Balaban J connectivity index is 1.75. The monoisotopic (exact) mass is 403 g/mol. The Bertz CT molecular complexity index is 833. The Kier molecular flexibility index (Phi) is 6.68. The van der Waals surface area contributed by atoms with E-state index in [1.165, 1.54) is 12.8 Å². The third-order valence-corrected chi connectivity index (χ3v) is 5.24. The van der Waals surface area contributed by atoms with Crippen molar-refractivity contribution in [2.75, 3.05) is 21.3 Å². The van der Waals surface area contributed by atoms with Crippen LogP contribution in [0.5, 0.6) is 17.2 Å². The van der Waals surface area contributed by atoms with Gasteiger partial charge in [0, 0.05) is 29.7 Å². The zero-order valence-electron chi connectivity index (χ0n) is 16.5. The highest BCUT2D eigenvalue weighted by Gasteiger charge is 2.20. The summed E-state index contributed by atoms with van der Waals surface area (Å²) in [4.78, 5) is 14.5. The Morgan fingerprint density at radius 3 is 2.39 bits per heavy atom. The van der Waals surface area contributed by atoms with Crippen LogP contribution in [0.1, 0.15) is 41.6 Å². The minimum absolute atomic E-state index is 0.118. The molecule has 1 fully saturated rings. The summed E-state index contributed by atoms with van der Waals surface area (Å²) in [5, 5.41) is 0.603. The number of methoxy groups -OCH3 is 2. The van der Waals surface area contributed by atoms with Crippen LogP contribution in [0.15, 0.2) is 36.4 Å². The molecular weight excluding hydrogens is 378 g/mol. The van der Waals surface area contributed by atoms with E-state index < -0.39 is 0 Å². The molecule has 28 heavy (non-hydrogen) atoms. The first kappa shape index (κ1) is 20.3. The minimum atomic E-state index is -0.118. The number of hydrogen-bond donors (Lipinski definition) is 0. The summed E-state index contributed by atoms with van der Waals surface area (Å²) in [5.74, 6) is 1.84. The summed E-state index contributed by atoms with van der Waals surface area (Å²) in [6, 6.07) is 10.7. The molecule has 3 rings (SSSR count). The molecule has 0 bridgehead atoms. The molecule has 0 radical (unpaired) electrons. The second-order valence-corrected chi connectivity index (χ2v) is 7.44. The van der Waals surface area contributed by atoms with Gasteiger partial charge in [-0.2, -0.15) is 0 Å². The van der Waals surface area contributed by atoms with Gasteiger partial charge in [0.15, 0.2) is 11.5 Å². The largest absolute Gasteiger partial charge is 0.496 e. The molecular formula is C22H26ClNO4. The number of amides is 1. The number of hydrogen-bond acceptors (Lipinski definition) is 4. The average Bonchev–Trinajstić information content (AvgIpc) is 3.21. The normalized spacial score (nSPS) is 14.0. The van der Waals surface area contributed by atoms with Gasteiger partial charge in [-0.15, -0.1) is 0 Å². The van der Waals surface area contributed by atoms with Gasteiger partial charge in [0.1, 0.15) is 5.75 Å². The van der Waals surface area contributed by atoms with Crippen LogP contribution in [0.25, 0.3) is 0 Å². The molecule has 0 aromatic heterocycles. The van der Waals surface area contributed by atoms with Crippen LogP contribution in [0.4, 0.5) is 0 Å². The molecule has 0 spiro atoms. The maximum atomic E-state index is 12.9. The number of benzene rings is 2. The van der Waals surface area contributed by atoms with Crippen molar-refractivity contribution in [1.82, 2.24) is 4.90 Å². The standard InChI is InChI=1S/C22H26ClNO4/c1-24(14-16-12-17(23)9-11-19(16)26-2)22(25)15-8-10-20(21(13-15)27-3)28-18-6-4-5-7-18/h8-13,18H,4-7,14H2,1-3H3. The first-order valence-electron chi connectivity index (χ1n) is 9.44. The van der Waals surface area contributed by atoms with E-state index in [9.17, 15) is 4.79 Å². The number of rotatable bonds is 7. The van der Waals surface area contributed by atoms with Crippen LogP contribution in [0, 0.1) is 0 Å². The molecule has 1 aliphatic carbocycles. The van der Waals surface area contributed by atoms with Crippen molar-refractivity contribution in [3.05, 3.63) is 52.5 Å². The maximum absolute atomic E-state index is 12.9. The first-order valence-corrected chi connectivity index (χ1v) is 9.82. The van der Waals surface area contributed by atoms with Gasteiger partial charge in [0.25, 0.3) is 5.91 Å². The molecule has 0 saturated heterocycles. The fourth-order valence-corrected chi connectivity index (χ4v) is 3.70. The Morgan fingerprint density at radius 2 is 1.71 bits per heavy atom. The fourth-order valence-electron chi connectivity index (χ4n) is 3.50. The van der Waals surface area contributed by atoms with E-state index in [1.54, 1.807) is 50.4 Å². The number of ether oxygens (including phenoxy) is 3. The van der Waals surface area contributed by atoms with Crippen LogP contribution in [-0.4, -0.2) is 38.2 Å². The summed E-state index contributed by atoms with van der Waals surface area (Å²) in [6.45, 7) is 0.380. The minimum Gasteiger partial charge on any atom is -0.496 e. The summed E-state index contributed by atoms with van der Waals surface area (Å²) in [6.07, 6.45) is 4.75. The van der Waals surface area contributed by atoms with Crippen LogP contribution in [0.3, 0.4) is 0 Å². The molecule has 0 atom stereocenters. The van der Waals surface area contributed by atoms with E-state index in [1.807, 2.05) is 12.1 Å². The van der Waals surface area contributed by atoms with E-state index in [0.29, 0.717) is 34.4 Å². The van der Waals surface area contributed by atoms with Gasteiger partial charge < -0.3 is 19.1 Å². The number of carbonyl (C=O) groups is 1. The zero-order chi connectivity index (χ0) is 20.1. The van der Waals surface area contributed by atoms with E-state index >= 15 is 0 Å². The zero-order valence-corrected chi connectivity index (χ0v) is 17.3. The van der Waals surface area contributed by atoms with E-state index in [2.05, 4.69) is 0 Å². The highest BCUT2D eigenvalue weighted by Crippen LogP contribution is 2.33. The van der Waals surface area contributed by atoms with Gasteiger partial charge in [0.05, 0.1) is 20.3 Å². The summed E-state index contributed by atoms with van der Waals surface area (Å²) >= 11 is 6.09. The maximum Gasteiger partial charge on any atom is 0.254 e. The van der Waals surface area contributed by atoms with Crippen LogP contribution < -0.4 is 14.2 Å². The lowest BCUT2D eigenvalue weighted by Crippen LogP contribution is -2.26. The molecule has 5 nitrogen and oxygen atoms in total. The topological polar surface area (TPSA) is 48.0 Å².